The highest BCUT2D eigenvalue weighted by Crippen LogP contribution is 2.21. The summed E-state index contributed by atoms with van der Waals surface area (Å²) >= 11 is 0. The molecule has 0 atom stereocenters. The lowest BCUT2D eigenvalue weighted by molar-refractivity contribution is 0.122. The van der Waals surface area contributed by atoms with Gasteiger partial charge in [0.2, 0.25) is 0 Å². The Balaban J connectivity index is 1.71. The molecule has 1 aromatic carbocycles. The quantitative estimate of drug-likeness (QED) is 0.371. The number of anilines is 1. The largest absolute Gasteiger partial charge is 0.381 e. The van der Waals surface area contributed by atoms with E-state index in [-0.39, 0.29) is 5.82 Å². The molecule has 1 aromatic rings. The molecule has 27 heavy (non-hydrogen) atoms. The van der Waals surface area contributed by atoms with Gasteiger partial charge in [-0.25, -0.2) is 4.39 Å². The van der Waals surface area contributed by atoms with Crippen LogP contribution in [0, 0.1) is 5.82 Å². The Bertz CT molecular complexity index is 577. The molecule has 0 saturated carbocycles. The van der Waals surface area contributed by atoms with Crippen LogP contribution in [0.15, 0.2) is 23.2 Å². The van der Waals surface area contributed by atoms with Crippen LogP contribution in [0.5, 0.6) is 0 Å². The molecule has 152 valence electrons. The third-order valence-corrected chi connectivity index (χ3v) is 4.45. The Morgan fingerprint density at radius 1 is 1.22 bits per heavy atom. The molecule has 0 unspecified atom stereocenters. The smallest absolute Gasteiger partial charge is 0.191 e. The average Bonchev–Trinajstić information content (AvgIpc) is 2.70. The fraction of sp³-hybridized carbons (Fsp3) is 0.650. The van der Waals surface area contributed by atoms with Crippen molar-refractivity contribution in [1.29, 1.82) is 0 Å². The number of nitrogens with one attached hydrogen (secondary N) is 2. The lowest BCUT2D eigenvalue weighted by Crippen LogP contribution is -2.38. The van der Waals surface area contributed by atoms with Crippen LogP contribution in [0.2, 0.25) is 0 Å². The van der Waals surface area contributed by atoms with Crippen molar-refractivity contribution in [3.8, 4) is 0 Å². The molecule has 1 heterocycles. The first kappa shape index (κ1) is 21.4. The van der Waals surface area contributed by atoms with Gasteiger partial charge in [-0.2, -0.15) is 0 Å². The van der Waals surface area contributed by atoms with Crippen LogP contribution in [-0.4, -0.2) is 59.1 Å². The van der Waals surface area contributed by atoms with E-state index in [0.717, 1.165) is 57.7 Å². The SMILES string of the molecule is CCCCOCCCNC(=NC)NCc1ccc(N2CCOCC2)c(F)c1. The summed E-state index contributed by atoms with van der Waals surface area (Å²) in [5.41, 5.74) is 1.53. The Labute approximate surface area is 162 Å². The first-order valence-corrected chi connectivity index (χ1v) is 9.88. The molecule has 0 amide bonds. The van der Waals surface area contributed by atoms with Crippen LogP contribution in [0.1, 0.15) is 31.7 Å². The standard InChI is InChI=1S/C20H33FN4O2/c1-3-4-11-26-12-5-8-23-20(22-2)24-16-17-6-7-19(18(21)15-17)25-9-13-27-14-10-25/h6-7,15H,3-5,8-14,16H2,1-2H3,(H2,22,23,24). The third-order valence-electron chi connectivity index (χ3n) is 4.45. The van der Waals surface area contributed by atoms with Gasteiger partial charge in [0.15, 0.2) is 5.96 Å². The maximum atomic E-state index is 14.4. The van der Waals surface area contributed by atoms with E-state index in [1.165, 1.54) is 0 Å². The van der Waals surface area contributed by atoms with Crippen LogP contribution < -0.4 is 15.5 Å². The molecule has 0 spiro atoms. The van der Waals surface area contributed by atoms with Gasteiger partial charge in [-0.1, -0.05) is 19.4 Å². The van der Waals surface area contributed by atoms with E-state index in [1.54, 1.807) is 13.1 Å². The molecule has 1 aliphatic heterocycles. The van der Waals surface area contributed by atoms with Crippen molar-refractivity contribution >= 4 is 11.6 Å². The number of benzene rings is 1. The molecular formula is C20H33FN4O2. The average molecular weight is 381 g/mol. The summed E-state index contributed by atoms with van der Waals surface area (Å²) < 4.78 is 25.3. The monoisotopic (exact) mass is 380 g/mol. The summed E-state index contributed by atoms with van der Waals surface area (Å²) in [7, 11) is 1.73. The zero-order valence-electron chi connectivity index (χ0n) is 16.6. The summed E-state index contributed by atoms with van der Waals surface area (Å²) in [5, 5.41) is 6.47. The van der Waals surface area contributed by atoms with E-state index < -0.39 is 0 Å². The van der Waals surface area contributed by atoms with Gasteiger partial charge in [0.1, 0.15) is 5.82 Å². The fourth-order valence-corrected chi connectivity index (χ4v) is 2.86. The second-order valence-corrected chi connectivity index (χ2v) is 6.56. The van der Waals surface area contributed by atoms with Gasteiger partial charge in [-0.05, 0) is 30.5 Å². The number of aliphatic imine (C=N–C) groups is 1. The normalized spacial score (nSPS) is 15.1. The Hall–Kier alpha value is -1.86. The van der Waals surface area contributed by atoms with Gasteiger partial charge in [-0.15, -0.1) is 0 Å². The van der Waals surface area contributed by atoms with Crippen molar-refractivity contribution < 1.29 is 13.9 Å². The Morgan fingerprint density at radius 2 is 2.00 bits per heavy atom. The molecule has 6 nitrogen and oxygen atoms in total. The summed E-state index contributed by atoms with van der Waals surface area (Å²) in [4.78, 5) is 6.23. The van der Waals surface area contributed by atoms with E-state index in [0.29, 0.717) is 31.4 Å². The zero-order chi connectivity index (χ0) is 19.3. The highest BCUT2D eigenvalue weighted by Gasteiger charge is 2.15. The molecule has 0 radical (unpaired) electrons. The van der Waals surface area contributed by atoms with Crippen molar-refractivity contribution in [3.05, 3.63) is 29.6 Å². The van der Waals surface area contributed by atoms with Gasteiger partial charge >= 0.3 is 0 Å². The van der Waals surface area contributed by atoms with Crippen LogP contribution in [0.3, 0.4) is 0 Å². The van der Waals surface area contributed by atoms with Crippen molar-refractivity contribution in [1.82, 2.24) is 10.6 Å². The molecule has 0 bridgehead atoms. The van der Waals surface area contributed by atoms with Gasteiger partial charge in [0.05, 0.1) is 18.9 Å². The Morgan fingerprint density at radius 3 is 2.70 bits per heavy atom. The predicted octanol–water partition coefficient (Wildman–Crippen LogP) is 2.53. The number of hydrogen-bond donors (Lipinski definition) is 2. The first-order valence-electron chi connectivity index (χ1n) is 9.88. The van der Waals surface area contributed by atoms with Crippen LogP contribution in [0.25, 0.3) is 0 Å². The molecule has 1 fully saturated rings. The third kappa shape index (κ3) is 7.72. The summed E-state index contributed by atoms with van der Waals surface area (Å²) in [6.07, 6.45) is 3.19. The van der Waals surface area contributed by atoms with Crippen LogP contribution in [-0.2, 0) is 16.0 Å². The number of ether oxygens (including phenoxy) is 2. The number of hydrogen-bond acceptors (Lipinski definition) is 4. The highest BCUT2D eigenvalue weighted by atomic mass is 19.1. The molecule has 7 heteroatoms. The fourth-order valence-electron chi connectivity index (χ4n) is 2.86. The van der Waals surface area contributed by atoms with Crippen molar-refractivity contribution in [2.45, 2.75) is 32.7 Å². The van der Waals surface area contributed by atoms with Crippen LogP contribution >= 0.6 is 0 Å². The zero-order valence-corrected chi connectivity index (χ0v) is 16.6. The molecule has 0 aliphatic carbocycles. The number of guanidine groups is 1. The van der Waals surface area contributed by atoms with E-state index in [9.17, 15) is 4.39 Å². The van der Waals surface area contributed by atoms with Crippen molar-refractivity contribution in [2.24, 2.45) is 4.99 Å². The van der Waals surface area contributed by atoms with E-state index in [2.05, 4.69) is 22.5 Å². The van der Waals surface area contributed by atoms with Gasteiger partial charge in [0, 0.05) is 46.4 Å². The van der Waals surface area contributed by atoms with Crippen LogP contribution in [0.4, 0.5) is 10.1 Å². The maximum absolute atomic E-state index is 14.4. The van der Waals surface area contributed by atoms with Gasteiger partial charge < -0.3 is 25.0 Å². The lowest BCUT2D eigenvalue weighted by atomic mass is 10.1. The molecule has 0 aromatic heterocycles. The number of rotatable bonds is 10. The predicted molar refractivity (Wildman–Crippen MR) is 108 cm³/mol. The minimum Gasteiger partial charge on any atom is -0.381 e. The van der Waals surface area contributed by atoms with Crippen molar-refractivity contribution in [2.75, 3.05) is 58.0 Å². The molecule has 2 N–H and O–H groups in total. The Kier molecular flexibility index (Phi) is 9.94. The molecular weight excluding hydrogens is 347 g/mol. The van der Waals surface area contributed by atoms with E-state index in [1.807, 2.05) is 17.0 Å². The number of halogens is 1. The molecule has 1 saturated heterocycles. The topological polar surface area (TPSA) is 58.1 Å². The van der Waals surface area contributed by atoms with Gasteiger partial charge in [0.25, 0.3) is 0 Å². The van der Waals surface area contributed by atoms with Gasteiger partial charge in [-0.3, -0.25) is 4.99 Å². The first-order chi connectivity index (χ1) is 13.2. The van der Waals surface area contributed by atoms with Crippen molar-refractivity contribution in [3.63, 3.8) is 0 Å². The lowest BCUT2D eigenvalue weighted by Gasteiger charge is -2.29. The minimum atomic E-state index is -0.191. The summed E-state index contributed by atoms with van der Waals surface area (Å²) in [5.74, 6) is 0.518. The summed E-state index contributed by atoms with van der Waals surface area (Å²) in [6.45, 7) is 7.79. The maximum Gasteiger partial charge on any atom is 0.191 e. The number of nitrogens with zero attached hydrogens (tertiary/aromatic N) is 2. The molecule has 2 rings (SSSR count). The minimum absolute atomic E-state index is 0.191. The molecule has 1 aliphatic rings. The van der Waals surface area contributed by atoms with E-state index >= 15 is 0 Å². The van der Waals surface area contributed by atoms with E-state index in [4.69, 9.17) is 9.47 Å². The second-order valence-electron chi connectivity index (χ2n) is 6.56. The summed E-state index contributed by atoms with van der Waals surface area (Å²) in [6, 6.07) is 5.39. The number of unbranched alkanes of at least 4 members (excludes halogenated alkanes) is 1. The second kappa shape index (κ2) is 12.5. The number of morpholine rings is 1. The highest BCUT2D eigenvalue weighted by molar-refractivity contribution is 5.79.